The fraction of sp³-hybridized carbons (Fsp3) is 0.611. The highest BCUT2D eigenvalue weighted by molar-refractivity contribution is 7.99. The maximum Gasteiger partial charge on any atom is 0.191 e. The number of aliphatic hydroxyl groups is 1. The van der Waals surface area contributed by atoms with Gasteiger partial charge in [-0.05, 0) is 36.8 Å². The van der Waals surface area contributed by atoms with Gasteiger partial charge in [-0.3, -0.25) is 4.99 Å². The van der Waals surface area contributed by atoms with E-state index in [9.17, 15) is 9.50 Å². The van der Waals surface area contributed by atoms with Gasteiger partial charge in [-0.25, -0.2) is 4.39 Å². The summed E-state index contributed by atoms with van der Waals surface area (Å²) in [5.41, 5.74) is -0.00309. The van der Waals surface area contributed by atoms with E-state index >= 15 is 0 Å². The summed E-state index contributed by atoms with van der Waals surface area (Å²) in [5, 5.41) is 16.9. The first-order chi connectivity index (χ1) is 11.3. The third kappa shape index (κ3) is 5.38. The monoisotopic (exact) mass is 353 g/mol. The first kappa shape index (κ1) is 19.1. The average molecular weight is 354 g/mol. The summed E-state index contributed by atoms with van der Waals surface area (Å²) < 4.78 is 13.5. The molecule has 0 saturated carbocycles. The summed E-state index contributed by atoms with van der Waals surface area (Å²) in [6, 6.07) is 6.67. The molecule has 0 amide bonds. The number of guanidine groups is 1. The standard InChI is InChI=1S/C18H28FN3OS/c1-4-20-16(22-12-18(23)8-9-24-13-18)21-11-17(2,3)14-6-5-7-15(19)10-14/h5-7,10,23H,4,8-9,11-13H2,1-3H3,(H2,20,21,22). The quantitative estimate of drug-likeness (QED) is 0.543. The molecule has 1 atom stereocenters. The third-order valence-corrected chi connectivity index (χ3v) is 5.48. The number of hydrogen-bond acceptors (Lipinski definition) is 3. The molecule has 0 bridgehead atoms. The van der Waals surface area contributed by atoms with Crippen molar-refractivity contribution in [1.82, 2.24) is 10.6 Å². The summed E-state index contributed by atoms with van der Waals surface area (Å²) in [6.07, 6.45) is 0.804. The SMILES string of the molecule is CCNC(=NCC(C)(C)c1cccc(F)c1)NCC1(O)CCSC1. The molecule has 0 aliphatic carbocycles. The molecule has 4 nitrogen and oxygen atoms in total. The second-order valence-corrected chi connectivity index (χ2v) is 8.08. The predicted molar refractivity (Wildman–Crippen MR) is 100 cm³/mol. The molecule has 3 N–H and O–H groups in total. The number of halogens is 1. The molecule has 134 valence electrons. The number of aliphatic imine (C=N–C) groups is 1. The Bertz CT molecular complexity index is 571. The van der Waals surface area contributed by atoms with Crippen LogP contribution in [-0.2, 0) is 5.41 Å². The molecule has 1 aromatic rings. The second-order valence-electron chi connectivity index (χ2n) is 6.97. The van der Waals surface area contributed by atoms with E-state index in [2.05, 4.69) is 29.5 Å². The van der Waals surface area contributed by atoms with Gasteiger partial charge in [0.05, 0.1) is 12.1 Å². The molecule has 1 aliphatic rings. The zero-order valence-corrected chi connectivity index (χ0v) is 15.5. The van der Waals surface area contributed by atoms with Crippen molar-refractivity contribution in [3.05, 3.63) is 35.6 Å². The largest absolute Gasteiger partial charge is 0.387 e. The highest BCUT2D eigenvalue weighted by Gasteiger charge is 2.31. The third-order valence-electron chi connectivity index (χ3n) is 4.25. The summed E-state index contributed by atoms with van der Waals surface area (Å²) in [4.78, 5) is 4.64. The van der Waals surface area contributed by atoms with E-state index in [4.69, 9.17) is 0 Å². The lowest BCUT2D eigenvalue weighted by Gasteiger charge is -2.26. The van der Waals surface area contributed by atoms with Crippen LogP contribution in [0.2, 0.25) is 0 Å². The van der Waals surface area contributed by atoms with E-state index in [0.717, 1.165) is 30.0 Å². The maximum atomic E-state index is 13.5. The molecule has 1 heterocycles. The molecule has 0 radical (unpaired) electrons. The lowest BCUT2D eigenvalue weighted by Crippen LogP contribution is -2.47. The Morgan fingerprint density at radius 2 is 2.21 bits per heavy atom. The minimum Gasteiger partial charge on any atom is -0.387 e. The van der Waals surface area contributed by atoms with Crippen LogP contribution in [0.15, 0.2) is 29.3 Å². The van der Waals surface area contributed by atoms with Gasteiger partial charge in [-0.15, -0.1) is 0 Å². The molecule has 1 fully saturated rings. The summed E-state index contributed by atoms with van der Waals surface area (Å²) in [6.45, 7) is 7.88. The number of benzene rings is 1. The Morgan fingerprint density at radius 3 is 2.83 bits per heavy atom. The molecular weight excluding hydrogens is 325 g/mol. The number of rotatable bonds is 6. The van der Waals surface area contributed by atoms with Crippen molar-refractivity contribution in [2.75, 3.05) is 31.1 Å². The molecule has 1 saturated heterocycles. The summed E-state index contributed by atoms with van der Waals surface area (Å²) in [7, 11) is 0. The average Bonchev–Trinajstić information content (AvgIpc) is 2.97. The van der Waals surface area contributed by atoms with Gasteiger partial charge in [0, 0.05) is 24.3 Å². The molecule has 1 aromatic carbocycles. The van der Waals surface area contributed by atoms with E-state index < -0.39 is 5.60 Å². The Hall–Kier alpha value is -1.27. The van der Waals surface area contributed by atoms with Crippen LogP contribution in [0, 0.1) is 5.82 Å². The minimum atomic E-state index is -0.654. The predicted octanol–water partition coefficient (Wildman–Crippen LogP) is 2.53. The van der Waals surface area contributed by atoms with Crippen molar-refractivity contribution in [3.8, 4) is 0 Å². The molecule has 1 aliphatic heterocycles. The van der Waals surface area contributed by atoms with Gasteiger partial charge < -0.3 is 15.7 Å². The van der Waals surface area contributed by atoms with Gasteiger partial charge >= 0.3 is 0 Å². The van der Waals surface area contributed by atoms with Gasteiger partial charge in [-0.1, -0.05) is 26.0 Å². The smallest absolute Gasteiger partial charge is 0.191 e. The Morgan fingerprint density at radius 1 is 1.42 bits per heavy atom. The molecular formula is C18H28FN3OS. The lowest BCUT2D eigenvalue weighted by molar-refractivity contribution is 0.0724. The van der Waals surface area contributed by atoms with E-state index in [1.54, 1.807) is 23.9 Å². The topological polar surface area (TPSA) is 56.7 Å². The number of nitrogens with zero attached hydrogens (tertiary/aromatic N) is 1. The van der Waals surface area contributed by atoms with Crippen LogP contribution < -0.4 is 10.6 Å². The molecule has 6 heteroatoms. The highest BCUT2D eigenvalue weighted by atomic mass is 32.2. The van der Waals surface area contributed by atoms with Gasteiger partial charge in [0.1, 0.15) is 5.82 Å². The van der Waals surface area contributed by atoms with Crippen LogP contribution in [0.4, 0.5) is 4.39 Å². The van der Waals surface area contributed by atoms with Crippen molar-refractivity contribution >= 4 is 17.7 Å². The molecule has 1 unspecified atom stereocenters. The lowest BCUT2D eigenvalue weighted by atomic mass is 9.85. The Labute approximate surface area is 148 Å². The van der Waals surface area contributed by atoms with Crippen LogP contribution in [0.3, 0.4) is 0 Å². The normalized spacial score (nSPS) is 21.8. The number of hydrogen-bond donors (Lipinski definition) is 3. The summed E-state index contributed by atoms with van der Waals surface area (Å²) in [5.74, 6) is 2.22. The molecule has 24 heavy (non-hydrogen) atoms. The Balaban J connectivity index is 2.01. The highest BCUT2D eigenvalue weighted by Crippen LogP contribution is 2.27. The van der Waals surface area contributed by atoms with Crippen molar-refractivity contribution < 1.29 is 9.50 Å². The summed E-state index contributed by atoms with van der Waals surface area (Å²) >= 11 is 1.78. The van der Waals surface area contributed by atoms with Gasteiger partial charge in [0.15, 0.2) is 5.96 Å². The van der Waals surface area contributed by atoms with Gasteiger partial charge in [0.25, 0.3) is 0 Å². The van der Waals surface area contributed by atoms with Crippen LogP contribution in [0.25, 0.3) is 0 Å². The van der Waals surface area contributed by atoms with Gasteiger partial charge in [0.2, 0.25) is 0 Å². The van der Waals surface area contributed by atoms with E-state index in [-0.39, 0.29) is 11.2 Å². The maximum absolute atomic E-state index is 13.5. The van der Waals surface area contributed by atoms with Crippen LogP contribution in [0.1, 0.15) is 32.8 Å². The van der Waals surface area contributed by atoms with Crippen molar-refractivity contribution in [2.24, 2.45) is 4.99 Å². The van der Waals surface area contributed by atoms with Crippen LogP contribution in [-0.4, -0.2) is 47.8 Å². The zero-order valence-electron chi connectivity index (χ0n) is 14.7. The second kappa shape index (κ2) is 8.21. The Kier molecular flexibility index (Phi) is 6.52. The minimum absolute atomic E-state index is 0.226. The molecule has 0 aromatic heterocycles. The first-order valence-corrected chi connectivity index (χ1v) is 9.58. The zero-order chi connectivity index (χ0) is 17.6. The fourth-order valence-electron chi connectivity index (χ4n) is 2.60. The van der Waals surface area contributed by atoms with Crippen molar-refractivity contribution in [3.63, 3.8) is 0 Å². The molecule has 2 rings (SSSR count). The number of nitrogens with one attached hydrogen (secondary N) is 2. The van der Waals surface area contributed by atoms with Crippen LogP contribution in [0.5, 0.6) is 0 Å². The fourth-order valence-corrected chi connectivity index (χ4v) is 3.90. The van der Waals surface area contributed by atoms with Crippen LogP contribution >= 0.6 is 11.8 Å². The van der Waals surface area contributed by atoms with E-state index in [1.807, 2.05) is 13.0 Å². The van der Waals surface area contributed by atoms with Gasteiger partial charge in [-0.2, -0.15) is 11.8 Å². The number of thioether (sulfide) groups is 1. The first-order valence-electron chi connectivity index (χ1n) is 8.43. The van der Waals surface area contributed by atoms with E-state index in [0.29, 0.717) is 19.0 Å². The van der Waals surface area contributed by atoms with Crippen molar-refractivity contribution in [1.29, 1.82) is 0 Å². The van der Waals surface area contributed by atoms with Crippen molar-refractivity contribution in [2.45, 2.75) is 38.2 Å². The molecule has 0 spiro atoms. The van der Waals surface area contributed by atoms with E-state index in [1.165, 1.54) is 6.07 Å².